The normalized spacial score (nSPS) is 15.7. The summed E-state index contributed by atoms with van der Waals surface area (Å²) >= 11 is 7.41. The van der Waals surface area contributed by atoms with Crippen molar-refractivity contribution in [1.29, 1.82) is 0 Å². The molecule has 5 nitrogen and oxygen atoms in total. The third-order valence-corrected chi connectivity index (χ3v) is 6.60. The fraction of sp³-hybridized carbons (Fsp3) is 0.0417. The molecule has 0 aliphatic carbocycles. The Morgan fingerprint density at radius 3 is 2.55 bits per heavy atom. The van der Waals surface area contributed by atoms with Crippen LogP contribution in [0.15, 0.2) is 81.5 Å². The van der Waals surface area contributed by atoms with E-state index in [0.29, 0.717) is 26.7 Å². The second-order valence-electron chi connectivity index (χ2n) is 7.28. The van der Waals surface area contributed by atoms with E-state index in [1.54, 1.807) is 29.8 Å². The van der Waals surface area contributed by atoms with Crippen LogP contribution in [0.5, 0.6) is 0 Å². The molecule has 1 atom stereocenters. The molecule has 0 fully saturated rings. The Morgan fingerprint density at radius 2 is 1.77 bits per heavy atom. The quantitative estimate of drug-likeness (QED) is 0.322. The first-order chi connectivity index (χ1) is 15.1. The van der Waals surface area contributed by atoms with Crippen molar-refractivity contribution in [2.45, 2.75) is 6.04 Å². The summed E-state index contributed by atoms with van der Waals surface area (Å²) in [5.74, 6) is -0.319. The largest absolute Gasteiger partial charge is 0.450 e. The lowest BCUT2D eigenvalue weighted by molar-refractivity contribution is 0.0971. The number of carbonyl (C=O) groups is 1. The van der Waals surface area contributed by atoms with Crippen molar-refractivity contribution >= 4 is 55.7 Å². The Balaban J connectivity index is 1.70. The summed E-state index contributed by atoms with van der Waals surface area (Å²) in [6, 6.07) is 17.8. The van der Waals surface area contributed by atoms with Gasteiger partial charge in [0.1, 0.15) is 5.58 Å². The zero-order chi connectivity index (χ0) is 21.1. The molecule has 6 rings (SSSR count). The third kappa shape index (κ3) is 2.65. The number of hydrogen-bond acceptors (Lipinski definition) is 5. The van der Waals surface area contributed by atoms with Crippen molar-refractivity contribution in [3.8, 4) is 0 Å². The lowest BCUT2D eigenvalue weighted by Crippen LogP contribution is -2.29. The maximum atomic E-state index is 13.7. The summed E-state index contributed by atoms with van der Waals surface area (Å²) in [5, 5.41) is 5.06. The Labute approximate surface area is 185 Å². The van der Waals surface area contributed by atoms with Gasteiger partial charge in [-0.2, -0.15) is 0 Å². The van der Waals surface area contributed by atoms with Gasteiger partial charge in [0, 0.05) is 22.0 Å². The van der Waals surface area contributed by atoms with Crippen molar-refractivity contribution in [2.24, 2.45) is 0 Å². The summed E-state index contributed by atoms with van der Waals surface area (Å²) in [5.41, 5.74) is 1.30. The van der Waals surface area contributed by atoms with Crippen LogP contribution in [0, 0.1) is 0 Å². The van der Waals surface area contributed by atoms with Gasteiger partial charge in [-0.1, -0.05) is 54.1 Å². The number of carbonyl (C=O) groups excluding carboxylic acids is 1. The molecule has 5 aromatic rings. The van der Waals surface area contributed by atoms with Crippen molar-refractivity contribution in [3.05, 3.63) is 104 Å². The average Bonchev–Trinajstić information content (AvgIpc) is 3.41. The highest BCUT2D eigenvalue weighted by atomic mass is 35.5. The summed E-state index contributed by atoms with van der Waals surface area (Å²) in [6.45, 7) is 0. The van der Waals surface area contributed by atoms with E-state index in [2.05, 4.69) is 4.98 Å². The molecule has 1 amide bonds. The Kier molecular flexibility index (Phi) is 4.00. The maximum Gasteiger partial charge on any atom is 0.297 e. The first kappa shape index (κ1) is 18.3. The topological polar surface area (TPSA) is 63.4 Å². The minimum absolute atomic E-state index is 0.0593. The van der Waals surface area contributed by atoms with Crippen LogP contribution in [-0.4, -0.2) is 10.9 Å². The second kappa shape index (κ2) is 6.77. The maximum absolute atomic E-state index is 13.7. The second-order valence-corrected chi connectivity index (χ2v) is 8.59. The molecule has 0 N–H and O–H groups in total. The summed E-state index contributed by atoms with van der Waals surface area (Å²) in [4.78, 5) is 33.1. The van der Waals surface area contributed by atoms with Crippen molar-refractivity contribution < 1.29 is 9.21 Å². The molecular formula is C24H13ClN2O3S. The number of benzene rings is 3. The fourth-order valence-corrected chi connectivity index (χ4v) is 4.99. The van der Waals surface area contributed by atoms with Crippen LogP contribution in [-0.2, 0) is 0 Å². The van der Waals surface area contributed by atoms with E-state index < -0.39 is 6.04 Å². The van der Waals surface area contributed by atoms with Gasteiger partial charge in [0.2, 0.25) is 5.76 Å². The van der Waals surface area contributed by atoms with Gasteiger partial charge in [0.25, 0.3) is 5.91 Å². The SMILES string of the molecule is O=C1c2oc3c(ccc4ccccc43)c(=O)c2[C@H](c2ccc(Cl)cc2)N1c1nccs1. The summed E-state index contributed by atoms with van der Waals surface area (Å²) in [6.07, 6.45) is 1.63. The predicted molar refractivity (Wildman–Crippen MR) is 122 cm³/mol. The molecule has 2 aromatic heterocycles. The standard InChI is InChI=1S/C24H13ClN2O3S/c25-15-8-5-14(6-9-15)19-18-20(28)17-10-7-13-3-1-2-4-16(13)21(17)30-22(18)23(29)27(19)24-26-11-12-31-24/h1-12,19H/t19-/m0/s1. The zero-order valence-electron chi connectivity index (χ0n) is 15.9. The van der Waals surface area contributed by atoms with E-state index in [9.17, 15) is 9.59 Å². The number of rotatable bonds is 2. The highest BCUT2D eigenvalue weighted by Gasteiger charge is 2.44. The van der Waals surface area contributed by atoms with Gasteiger partial charge in [-0.25, -0.2) is 4.98 Å². The van der Waals surface area contributed by atoms with E-state index >= 15 is 0 Å². The van der Waals surface area contributed by atoms with E-state index in [1.807, 2.05) is 42.5 Å². The molecule has 7 heteroatoms. The first-order valence-electron chi connectivity index (χ1n) is 9.60. The molecule has 0 unspecified atom stereocenters. The number of anilines is 1. The van der Waals surface area contributed by atoms with Gasteiger partial charge < -0.3 is 4.42 Å². The van der Waals surface area contributed by atoms with Crippen molar-refractivity contribution in [3.63, 3.8) is 0 Å². The van der Waals surface area contributed by atoms with Gasteiger partial charge in [0.15, 0.2) is 10.6 Å². The van der Waals surface area contributed by atoms with E-state index in [1.165, 1.54) is 16.2 Å². The zero-order valence-corrected chi connectivity index (χ0v) is 17.5. The van der Waals surface area contributed by atoms with Gasteiger partial charge in [-0.15, -0.1) is 11.3 Å². The highest BCUT2D eigenvalue weighted by molar-refractivity contribution is 7.13. The van der Waals surface area contributed by atoms with Crippen LogP contribution < -0.4 is 10.3 Å². The minimum Gasteiger partial charge on any atom is -0.450 e. The number of hydrogen-bond donors (Lipinski definition) is 0. The Morgan fingerprint density at radius 1 is 0.968 bits per heavy atom. The van der Waals surface area contributed by atoms with Crippen LogP contribution >= 0.6 is 22.9 Å². The number of aromatic nitrogens is 1. The lowest BCUT2D eigenvalue weighted by atomic mass is 9.98. The van der Waals surface area contributed by atoms with E-state index in [-0.39, 0.29) is 17.1 Å². The molecule has 1 aliphatic rings. The van der Waals surface area contributed by atoms with Crippen LogP contribution in [0.25, 0.3) is 21.7 Å². The number of fused-ring (bicyclic) bond motifs is 4. The van der Waals surface area contributed by atoms with Gasteiger partial charge in [0.05, 0.1) is 17.0 Å². The number of halogens is 1. The van der Waals surface area contributed by atoms with Gasteiger partial charge >= 0.3 is 0 Å². The fourth-order valence-electron chi connectivity index (χ4n) is 4.19. The molecule has 0 saturated carbocycles. The minimum atomic E-state index is -0.641. The molecule has 0 saturated heterocycles. The molecule has 0 bridgehead atoms. The lowest BCUT2D eigenvalue weighted by Gasteiger charge is -2.22. The molecule has 0 spiro atoms. The molecule has 150 valence electrons. The van der Waals surface area contributed by atoms with Crippen LogP contribution in [0.1, 0.15) is 27.7 Å². The van der Waals surface area contributed by atoms with Gasteiger partial charge in [-0.3, -0.25) is 14.5 Å². The molecule has 3 heterocycles. The molecule has 31 heavy (non-hydrogen) atoms. The smallest absolute Gasteiger partial charge is 0.297 e. The van der Waals surface area contributed by atoms with Crippen molar-refractivity contribution in [2.75, 3.05) is 4.90 Å². The van der Waals surface area contributed by atoms with E-state index in [0.717, 1.165) is 16.3 Å². The van der Waals surface area contributed by atoms with Crippen LogP contribution in [0.2, 0.25) is 5.02 Å². The number of nitrogens with zero attached hydrogens (tertiary/aromatic N) is 2. The molecular weight excluding hydrogens is 432 g/mol. The van der Waals surface area contributed by atoms with Crippen molar-refractivity contribution in [1.82, 2.24) is 4.98 Å². The monoisotopic (exact) mass is 444 g/mol. The average molecular weight is 445 g/mol. The van der Waals surface area contributed by atoms with Crippen LogP contribution in [0.4, 0.5) is 5.13 Å². The highest BCUT2D eigenvalue weighted by Crippen LogP contribution is 2.42. The van der Waals surface area contributed by atoms with Gasteiger partial charge in [-0.05, 0) is 29.1 Å². The predicted octanol–water partition coefficient (Wildman–Crippen LogP) is 5.81. The van der Waals surface area contributed by atoms with E-state index in [4.69, 9.17) is 16.0 Å². The molecule has 3 aromatic carbocycles. The molecule has 1 aliphatic heterocycles. The number of amides is 1. The first-order valence-corrected chi connectivity index (χ1v) is 10.9. The third-order valence-electron chi connectivity index (χ3n) is 5.57. The Hall–Kier alpha value is -3.48. The Bertz CT molecular complexity index is 1540. The number of thiazole rings is 1. The summed E-state index contributed by atoms with van der Waals surface area (Å²) in [7, 11) is 0. The summed E-state index contributed by atoms with van der Waals surface area (Å²) < 4.78 is 6.17. The molecule has 0 radical (unpaired) electrons. The van der Waals surface area contributed by atoms with Crippen LogP contribution in [0.3, 0.4) is 0 Å².